The summed E-state index contributed by atoms with van der Waals surface area (Å²) in [6.07, 6.45) is 6.63. The van der Waals surface area contributed by atoms with E-state index in [0.717, 1.165) is 29.0 Å². The Kier molecular flexibility index (Phi) is 6.34. The second-order valence-corrected chi connectivity index (χ2v) is 11.0. The third-order valence-electron chi connectivity index (χ3n) is 7.72. The molecule has 2 heterocycles. The van der Waals surface area contributed by atoms with Crippen LogP contribution in [0, 0.1) is 23.7 Å². The Labute approximate surface area is 193 Å². The van der Waals surface area contributed by atoms with Crippen molar-refractivity contribution in [1.82, 2.24) is 10.3 Å². The highest BCUT2D eigenvalue weighted by atomic mass is 32.2. The lowest BCUT2D eigenvalue weighted by molar-refractivity contribution is -0.150. The highest BCUT2D eigenvalue weighted by Gasteiger charge is 2.48. The number of ether oxygens (including phenoxy) is 1. The van der Waals surface area contributed by atoms with Gasteiger partial charge >= 0.3 is 5.97 Å². The van der Waals surface area contributed by atoms with Gasteiger partial charge in [0.15, 0.2) is 6.10 Å². The molecule has 4 bridgehead atoms. The molecule has 0 aromatic carbocycles. The lowest BCUT2D eigenvalue weighted by atomic mass is 9.54. The van der Waals surface area contributed by atoms with Gasteiger partial charge in [-0.3, -0.25) is 4.79 Å². The van der Waals surface area contributed by atoms with Crippen LogP contribution in [0.5, 0.6) is 0 Å². The van der Waals surface area contributed by atoms with Crippen molar-refractivity contribution >= 4 is 29.5 Å². The molecule has 1 aromatic rings. The third-order valence-corrected chi connectivity index (χ3v) is 8.92. The molecule has 5 aliphatic rings. The predicted octanol–water partition coefficient (Wildman–Crippen LogP) is 3.43. The Hall–Kier alpha value is -1.80. The van der Waals surface area contributed by atoms with Crippen LogP contribution < -0.4 is 10.2 Å². The molecule has 8 heteroatoms. The van der Waals surface area contributed by atoms with Crippen LogP contribution >= 0.6 is 11.8 Å². The van der Waals surface area contributed by atoms with E-state index in [4.69, 9.17) is 9.72 Å². The van der Waals surface area contributed by atoms with Gasteiger partial charge in [0.2, 0.25) is 0 Å². The fourth-order valence-corrected chi connectivity index (χ4v) is 7.36. The summed E-state index contributed by atoms with van der Waals surface area (Å²) in [7, 11) is 0. The number of carboxylic acids is 1. The van der Waals surface area contributed by atoms with Gasteiger partial charge in [-0.2, -0.15) is 0 Å². The van der Waals surface area contributed by atoms with E-state index < -0.39 is 12.1 Å². The third kappa shape index (κ3) is 4.36. The molecule has 32 heavy (non-hydrogen) atoms. The standard InChI is InChI=1S/C24H33N3O4S/c1-2-7-32-23-18(3-4-20(25-23)27-5-6-31-19(13-27)24(29)30)22(28)26-21-16-9-14-8-15(11-16)12-17(21)10-14/h3-4,14-17,19,21H,2,5-13H2,1H3,(H,26,28)(H,29,30). The minimum Gasteiger partial charge on any atom is -0.479 e. The van der Waals surface area contributed by atoms with Gasteiger partial charge < -0.3 is 20.1 Å². The van der Waals surface area contributed by atoms with Crippen molar-refractivity contribution in [3.8, 4) is 0 Å². The number of carbonyl (C=O) groups excluding carboxylic acids is 1. The zero-order valence-electron chi connectivity index (χ0n) is 18.7. The van der Waals surface area contributed by atoms with E-state index in [0.29, 0.717) is 42.4 Å². The lowest BCUT2D eigenvalue weighted by Gasteiger charge is -2.54. The number of amides is 1. The van der Waals surface area contributed by atoms with Gasteiger partial charge in [-0.25, -0.2) is 9.78 Å². The van der Waals surface area contributed by atoms with E-state index in [1.807, 2.05) is 17.0 Å². The fraction of sp³-hybridized carbons (Fsp3) is 0.708. The number of anilines is 1. The highest BCUT2D eigenvalue weighted by molar-refractivity contribution is 7.99. The van der Waals surface area contributed by atoms with Crippen LogP contribution in [0.15, 0.2) is 17.2 Å². The number of nitrogens with zero attached hydrogens (tertiary/aromatic N) is 2. The minimum atomic E-state index is -0.957. The Morgan fingerprint density at radius 1 is 1.19 bits per heavy atom. The molecule has 6 rings (SSSR count). The SMILES string of the molecule is CCCSc1nc(N2CCOC(C(=O)O)C2)ccc1C(=O)NC1C2CC3CC(C2)CC1C3. The summed E-state index contributed by atoms with van der Waals surface area (Å²) in [4.78, 5) is 31.5. The minimum absolute atomic E-state index is 0.00878. The molecule has 0 radical (unpaired) electrons. The maximum Gasteiger partial charge on any atom is 0.334 e. The zero-order valence-corrected chi connectivity index (χ0v) is 19.5. The van der Waals surface area contributed by atoms with Gasteiger partial charge in [0.1, 0.15) is 10.8 Å². The quantitative estimate of drug-likeness (QED) is 0.604. The topological polar surface area (TPSA) is 91.8 Å². The molecule has 4 aliphatic carbocycles. The smallest absolute Gasteiger partial charge is 0.334 e. The summed E-state index contributed by atoms with van der Waals surface area (Å²) >= 11 is 1.61. The van der Waals surface area contributed by atoms with Crippen LogP contribution in [0.3, 0.4) is 0 Å². The molecule has 174 valence electrons. The average Bonchev–Trinajstić information content (AvgIpc) is 2.79. The number of carboxylic acid groups (broad SMARTS) is 1. The predicted molar refractivity (Wildman–Crippen MR) is 123 cm³/mol. The molecule has 1 unspecified atom stereocenters. The maximum absolute atomic E-state index is 13.4. The Bertz CT molecular complexity index is 851. The molecule has 1 atom stereocenters. The van der Waals surface area contributed by atoms with Crippen molar-refractivity contribution in [1.29, 1.82) is 0 Å². The summed E-state index contributed by atoms with van der Waals surface area (Å²) in [5.74, 6) is 3.66. The van der Waals surface area contributed by atoms with Crippen LogP contribution in [-0.2, 0) is 9.53 Å². The number of morpholine rings is 1. The van der Waals surface area contributed by atoms with E-state index in [1.165, 1.54) is 32.1 Å². The van der Waals surface area contributed by atoms with Crippen molar-refractivity contribution in [2.45, 2.75) is 62.6 Å². The van der Waals surface area contributed by atoms with Gasteiger partial charge in [0.25, 0.3) is 5.91 Å². The van der Waals surface area contributed by atoms with Gasteiger partial charge in [-0.15, -0.1) is 11.8 Å². The van der Waals surface area contributed by atoms with Gasteiger partial charge in [0, 0.05) is 12.6 Å². The van der Waals surface area contributed by atoms with Crippen LogP contribution in [0.2, 0.25) is 0 Å². The molecule has 2 N–H and O–H groups in total. The normalized spacial score (nSPS) is 33.3. The van der Waals surface area contributed by atoms with E-state index in [2.05, 4.69) is 12.2 Å². The Morgan fingerprint density at radius 3 is 2.56 bits per heavy atom. The Morgan fingerprint density at radius 2 is 1.91 bits per heavy atom. The molecular formula is C24H33N3O4S. The van der Waals surface area contributed by atoms with Crippen LogP contribution in [0.25, 0.3) is 0 Å². The molecule has 0 spiro atoms. The van der Waals surface area contributed by atoms with Crippen LogP contribution in [0.1, 0.15) is 55.8 Å². The molecule has 1 aliphatic heterocycles. The second-order valence-electron chi connectivity index (χ2n) is 9.94. The molecule has 5 fully saturated rings. The summed E-state index contributed by atoms with van der Waals surface area (Å²) in [6, 6.07) is 4.03. The number of nitrogens with one attached hydrogen (secondary N) is 1. The van der Waals surface area contributed by atoms with E-state index >= 15 is 0 Å². The van der Waals surface area contributed by atoms with Crippen LogP contribution in [-0.4, -0.2) is 59.6 Å². The zero-order chi connectivity index (χ0) is 22.2. The summed E-state index contributed by atoms with van der Waals surface area (Å²) in [5, 5.41) is 13.5. The summed E-state index contributed by atoms with van der Waals surface area (Å²) in [5.41, 5.74) is 0.643. The molecule has 1 saturated heterocycles. The van der Waals surface area contributed by atoms with Crippen molar-refractivity contribution in [3.05, 3.63) is 17.7 Å². The number of rotatable bonds is 7. The first kappa shape index (κ1) is 22.0. The highest BCUT2D eigenvalue weighted by Crippen LogP contribution is 2.53. The fourth-order valence-electron chi connectivity index (χ4n) is 6.49. The first-order valence-electron chi connectivity index (χ1n) is 12.1. The summed E-state index contributed by atoms with van der Waals surface area (Å²) < 4.78 is 5.34. The van der Waals surface area contributed by atoms with Crippen molar-refractivity contribution < 1.29 is 19.4 Å². The van der Waals surface area contributed by atoms with Gasteiger partial charge in [-0.05, 0) is 80.1 Å². The lowest BCUT2D eigenvalue weighted by Crippen LogP contribution is -2.55. The number of aromatic nitrogens is 1. The molecule has 7 nitrogen and oxygen atoms in total. The molecular weight excluding hydrogens is 426 g/mol. The van der Waals surface area contributed by atoms with Gasteiger partial charge in [-0.1, -0.05) is 6.92 Å². The summed E-state index contributed by atoms with van der Waals surface area (Å²) in [6.45, 7) is 3.32. The van der Waals surface area contributed by atoms with E-state index in [1.54, 1.807) is 11.8 Å². The van der Waals surface area contributed by atoms with Gasteiger partial charge in [0.05, 0.1) is 18.7 Å². The maximum atomic E-state index is 13.4. The molecule has 4 saturated carbocycles. The Balaban J connectivity index is 1.33. The number of hydrogen-bond donors (Lipinski definition) is 2. The number of pyridine rings is 1. The van der Waals surface area contributed by atoms with Crippen molar-refractivity contribution in [2.24, 2.45) is 23.7 Å². The van der Waals surface area contributed by atoms with Crippen molar-refractivity contribution in [2.75, 3.05) is 30.3 Å². The second kappa shape index (κ2) is 9.21. The number of carbonyl (C=O) groups is 2. The number of thioether (sulfide) groups is 1. The number of aliphatic carboxylic acids is 1. The molecule has 1 amide bonds. The number of hydrogen-bond acceptors (Lipinski definition) is 6. The monoisotopic (exact) mass is 459 g/mol. The van der Waals surface area contributed by atoms with E-state index in [9.17, 15) is 14.7 Å². The molecule has 1 aromatic heterocycles. The first-order chi connectivity index (χ1) is 15.5. The van der Waals surface area contributed by atoms with Crippen LogP contribution in [0.4, 0.5) is 5.82 Å². The first-order valence-corrected chi connectivity index (χ1v) is 13.0. The largest absolute Gasteiger partial charge is 0.479 e. The van der Waals surface area contributed by atoms with Crippen molar-refractivity contribution in [3.63, 3.8) is 0 Å². The van der Waals surface area contributed by atoms with E-state index in [-0.39, 0.29) is 12.5 Å². The average molecular weight is 460 g/mol.